The standard InChI is InChI=1S/C16H22N2O/c1-3-12-18(13-4-5-16(19)10-11-17)15-8-6-14(2)7-9-15/h6-9H,3-5,10,12-13H2,1-2H3. The lowest BCUT2D eigenvalue weighted by Crippen LogP contribution is -2.25. The number of rotatable bonds is 8. The molecule has 0 radical (unpaired) electrons. The van der Waals surface area contributed by atoms with E-state index in [1.165, 1.54) is 11.3 Å². The van der Waals surface area contributed by atoms with Crippen LogP contribution >= 0.6 is 0 Å². The molecule has 102 valence electrons. The average molecular weight is 258 g/mol. The summed E-state index contributed by atoms with van der Waals surface area (Å²) < 4.78 is 0. The Balaban J connectivity index is 2.51. The van der Waals surface area contributed by atoms with E-state index in [9.17, 15) is 4.79 Å². The maximum Gasteiger partial charge on any atom is 0.146 e. The fourth-order valence-corrected chi connectivity index (χ4v) is 2.04. The molecule has 0 atom stereocenters. The Morgan fingerprint density at radius 3 is 2.53 bits per heavy atom. The molecule has 0 spiro atoms. The van der Waals surface area contributed by atoms with E-state index in [0.29, 0.717) is 6.42 Å². The summed E-state index contributed by atoms with van der Waals surface area (Å²) >= 11 is 0. The number of hydrogen-bond donors (Lipinski definition) is 0. The van der Waals surface area contributed by atoms with Crippen LogP contribution in [-0.4, -0.2) is 18.9 Å². The molecule has 0 aliphatic carbocycles. The van der Waals surface area contributed by atoms with Crippen molar-refractivity contribution < 1.29 is 4.79 Å². The van der Waals surface area contributed by atoms with Gasteiger partial charge in [-0.15, -0.1) is 0 Å². The molecule has 0 heterocycles. The van der Waals surface area contributed by atoms with E-state index in [4.69, 9.17) is 5.26 Å². The summed E-state index contributed by atoms with van der Waals surface area (Å²) in [7, 11) is 0. The van der Waals surface area contributed by atoms with E-state index < -0.39 is 0 Å². The van der Waals surface area contributed by atoms with Crippen LogP contribution < -0.4 is 4.90 Å². The largest absolute Gasteiger partial charge is 0.372 e. The van der Waals surface area contributed by atoms with Crippen molar-refractivity contribution in [3.05, 3.63) is 29.8 Å². The molecule has 3 nitrogen and oxygen atoms in total. The van der Waals surface area contributed by atoms with E-state index in [0.717, 1.165) is 25.9 Å². The molecule has 1 rings (SSSR count). The van der Waals surface area contributed by atoms with E-state index >= 15 is 0 Å². The van der Waals surface area contributed by atoms with Crippen molar-refractivity contribution in [1.29, 1.82) is 5.26 Å². The van der Waals surface area contributed by atoms with Gasteiger partial charge in [0.05, 0.1) is 12.5 Å². The van der Waals surface area contributed by atoms with Crippen molar-refractivity contribution in [3.8, 4) is 6.07 Å². The molecule has 1 aromatic rings. The molecule has 3 heteroatoms. The topological polar surface area (TPSA) is 44.1 Å². The first kappa shape index (κ1) is 15.2. The molecular formula is C16H22N2O. The Morgan fingerprint density at radius 1 is 1.26 bits per heavy atom. The molecule has 0 bridgehead atoms. The van der Waals surface area contributed by atoms with Crippen LogP contribution in [0.25, 0.3) is 0 Å². The highest BCUT2D eigenvalue weighted by Crippen LogP contribution is 2.16. The van der Waals surface area contributed by atoms with Crippen molar-refractivity contribution >= 4 is 11.5 Å². The van der Waals surface area contributed by atoms with Gasteiger partial charge in [-0.25, -0.2) is 0 Å². The van der Waals surface area contributed by atoms with Gasteiger partial charge in [0.25, 0.3) is 0 Å². The first-order valence-corrected chi connectivity index (χ1v) is 6.87. The third-order valence-corrected chi connectivity index (χ3v) is 3.05. The van der Waals surface area contributed by atoms with Crippen molar-refractivity contribution in [1.82, 2.24) is 0 Å². The normalized spacial score (nSPS) is 9.95. The van der Waals surface area contributed by atoms with E-state index in [2.05, 4.69) is 43.0 Å². The highest BCUT2D eigenvalue weighted by molar-refractivity contribution is 5.80. The van der Waals surface area contributed by atoms with Gasteiger partial charge in [0, 0.05) is 25.2 Å². The molecule has 0 unspecified atom stereocenters. The number of ketones is 1. The van der Waals surface area contributed by atoms with Crippen molar-refractivity contribution in [3.63, 3.8) is 0 Å². The summed E-state index contributed by atoms with van der Waals surface area (Å²) in [5.41, 5.74) is 2.46. The van der Waals surface area contributed by atoms with Crippen LogP contribution in [0.2, 0.25) is 0 Å². The number of carbonyl (C=O) groups is 1. The zero-order valence-electron chi connectivity index (χ0n) is 11.9. The number of nitrogens with zero attached hydrogens (tertiary/aromatic N) is 2. The highest BCUT2D eigenvalue weighted by atomic mass is 16.1. The Labute approximate surface area is 115 Å². The fraction of sp³-hybridized carbons (Fsp3) is 0.500. The Hall–Kier alpha value is -1.82. The lowest BCUT2D eigenvalue weighted by molar-refractivity contribution is -0.118. The number of benzene rings is 1. The summed E-state index contributed by atoms with van der Waals surface area (Å²) in [6.45, 7) is 6.10. The Kier molecular flexibility index (Phi) is 6.67. The number of nitriles is 1. The zero-order valence-corrected chi connectivity index (χ0v) is 11.9. The first-order chi connectivity index (χ1) is 9.17. The second kappa shape index (κ2) is 8.31. The zero-order chi connectivity index (χ0) is 14.1. The predicted molar refractivity (Wildman–Crippen MR) is 78.2 cm³/mol. The van der Waals surface area contributed by atoms with E-state index in [-0.39, 0.29) is 12.2 Å². The fourth-order valence-electron chi connectivity index (χ4n) is 2.04. The van der Waals surface area contributed by atoms with Gasteiger partial charge in [0.2, 0.25) is 0 Å². The summed E-state index contributed by atoms with van der Waals surface area (Å²) in [4.78, 5) is 13.6. The summed E-state index contributed by atoms with van der Waals surface area (Å²) in [5.74, 6) is 0.0443. The Morgan fingerprint density at radius 2 is 1.95 bits per heavy atom. The van der Waals surface area contributed by atoms with Gasteiger partial charge in [-0.1, -0.05) is 24.6 Å². The van der Waals surface area contributed by atoms with Gasteiger partial charge in [0.1, 0.15) is 5.78 Å². The molecule has 0 fully saturated rings. The maximum absolute atomic E-state index is 11.3. The SMILES string of the molecule is CCCN(CCCC(=O)CC#N)c1ccc(C)cc1. The number of carbonyl (C=O) groups excluding carboxylic acids is 1. The van der Waals surface area contributed by atoms with E-state index in [1.54, 1.807) is 0 Å². The van der Waals surface area contributed by atoms with Crippen molar-refractivity contribution in [2.45, 2.75) is 39.5 Å². The molecule has 0 amide bonds. The number of Topliss-reactive ketones (excluding diaryl/α,β-unsaturated/α-hetero) is 1. The van der Waals surface area contributed by atoms with Crippen LogP contribution in [0.1, 0.15) is 38.2 Å². The molecule has 0 saturated carbocycles. The minimum absolute atomic E-state index is 0.0400. The van der Waals surface area contributed by atoms with Crippen LogP contribution in [0.15, 0.2) is 24.3 Å². The molecular weight excluding hydrogens is 236 g/mol. The lowest BCUT2D eigenvalue weighted by atomic mass is 10.1. The number of hydrogen-bond acceptors (Lipinski definition) is 3. The van der Waals surface area contributed by atoms with Gasteiger partial charge in [-0.2, -0.15) is 5.26 Å². The molecule has 1 aromatic carbocycles. The van der Waals surface area contributed by atoms with Crippen LogP contribution in [0.4, 0.5) is 5.69 Å². The van der Waals surface area contributed by atoms with Gasteiger partial charge >= 0.3 is 0 Å². The highest BCUT2D eigenvalue weighted by Gasteiger charge is 2.07. The molecule has 0 N–H and O–H groups in total. The third kappa shape index (κ3) is 5.56. The smallest absolute Gasteiger partial charge is 0.146 e. The molecule has 0 aliphatic heterocycles. The summed E-state index contributed by atoms with van der Waals surface area (Å²) in [5, 5.41) is 8.45. The average Bonchev–Trinajstić information content (AvgIpc) is 2.39. The van der Waals surface area contributed by atoms with Crippen LogP contribution in [0.5, 0.6) is 0 Å². The molecule has 0 saturated heterocycles. The molecule has 0 aromatic heterocycles. The molecule has 0 aliphatic rings. The van der Waals surface area contributed by atoms with Crippen molar-refractivity contribution in [2.24, 2.45) is 0 Å². The van der Waals surface area contributed by atoms with Gasteiger partial charge in [-0.3, -0.25) is 4.79 Å². The van der Waals surface area contributed by atoms with Crippen LogP contribution in [-0.2, 0) is 4.79 Å². The minimum atomic E-state index is 0.0400. The quantitative estimate of drug-likeness (QED) is 0.717. The maximum atomic E-state index is 11.3. The summed E-state index contributed by atoms with van der Waals surface area (Å²) in [6.07, 6.45) is 2.44. The summed E-state index contributed by atoms with van der Waals surface area (Å²) in [6, 6.07) is 10.4. The second-order valence-corrected chi connectivity index (χ2v) is 4.80. The van der Waals surface area contributed by atoms with E-state index in [1.807, 2.05) is 6.07 Å². The number of anilines is 1. The lowest BCUT2D eigenvalue weighted by Gasteiger charge is -2.24. The van der Waals surface area contributed by atoms with Crippen LogP contribution in [0, 0.1) is 18.3 Å². The van der Waals surface area contributed by atoms with Gasteiger partial charge < -0.3 is 4.90 Å². The van der Waals surface area contributed by atoms with Gasteiger partial charge in [0.15, 0.2) is 0 Å². The van der Waals surface area contributed by atoms with Crippen molar-refractivity contribution in [2.75, 3.05) is 18.0 Å². The predicted octanol–water partition coefficient (Wildman–Crippen LogP) is 3.47. The first-order valence-electron chi connectivity index (χ1n) is 6.87. The number of aryl methyl sites for hydroxylation is 1. The van der Waals surface area contributed by atoms with Crippen LogP contribution in [0.3, 0.4) is 0 Å². The minimum Gasteiger partial charge on any atom is -0.372 e. The van der Waals surface area contributed by atoms with Gasteiger partial charge in [-0.05, 0) is 31.9 Å². The molecule has 19 heavy (non-hydrogen) atoms. The Bertz CT molecular complexity index is 431. The monoisotopic (exact) mass is 258 g/mol. The third-order valence-electron chi connectivity index (χ3n) is 3.05. The second-order valence-electron chi connectivity index (χ2n) is 4.80.